The van der Waals surface area contributed by atoms with Crippen molar-refractivity contribution in [2.75, 3.05) is 11.5 Å². The molecule has 1 N–H and O–H groups in total. The van der Waals surface area contributed by atoms with Crippen LogP contribution < -0.4 is 0 Å². The van der Waals surface area contributed by atoms with Gasteiger partial charge in [-0.1, -0.05) is 0 Å². The van der Waals surface area contributed by atoms with Crippen LogP contribution in [0, 0.1) is 0 Å². The number of carbonyl (C=O) groups excluding carboxylic acids is 2. The average Bonchev–Trinajstić information content (AvgIpc) is 2.44. The van der Waals surface area contributed by atoms with Crippen molar-refractivity contribution < 1.29 is 31.0 Å². The number of hydrogen-bond donors (Lipinski definition) is 2. The summed E-state index contributed by atoms with van der Waals surface area (Å²) in [6, 6.07) is 5.94. The molecule has 1 aromatic rings. The monoisotopic (exact) mass is 466 g/mol. The van der Waals surface area contributed by atoms with E-state index in [1.54, 1.807) is 6.07 Å². The van der Waals surface area contributed by atoms with Crippen molar-refractivity contribution in [3.63, 3.8) is 0 Å². The molecule has 0 aliphatic heterocycles. The Morgan fingerprint density at radius 1 is 1.08 bits per heavy atom. The Kier molecular flexibility index (Phi) is 10.6. The molecule has 0 saturated carbocycles. The zero-order chi connectivity index (χ0) is 17.7. The third kappa shape index (κ3) is 8.62. The summed E-state index contributed by atoms with van der Waals surface area (Å²) in [5.41, 5.74) is -0.0503. The molecule has 0 saturated heterocycles. The van der Waals surface area contributed by atoms with Crippen molar-refractivity contribution in [3.8, 4) is 0 Å². The molecule has 0 aliphatic carbocycles. The van der Waals surface area contributed by atoms with Crippen molar-refractivity contribution in [2.24, 2.45) is 0 Å². The van der Waals surface area contributed by atoms with Gasteiger partial charge in [-0.15, -0.1) is 0 Å². The summed E-state index contributed by atoms with van der Waals surface area (Å²) in [7, 11) is -8.26. The molecule has 130 valence electrons. The summed E-state index contributed by atoms with van der Waals surface area (Å²) < 4.78 is 53.2. The van der Waals surface area contributed by atoms with Crippen LogP contribution >= 0.6 is 12.6 Å². The van der Waals surface area contributed by atoms with Crippen LogP contribution in [0.25, 0.3) is 0 Å². The molecule has 7 nitrogen and oxygen atoms in total. The van der Waals surface area contributed by atoms with Crippen molar-refractivity contribution in [3.05, 3.63) is 29.8 Å². The Morgan fingerprint density at radius 2 is 1.67 bits per heavy atom. The summed E-state index contributed by atoms with van der Waals surface area (Å²) in [5, 5.41) is -1.07. The summed E-state index contributed by atoms with van der Waals surface area (Å²) >= 11 is 2.68. The zero-order valence-electron chi connectivity index (χ0n) is 11.8. The second-order valence-electron chi connectivity index (χ2n) is 4.51. The molecule has 1 atom stereocenters. The van der Waals surface area contributed by atoms with Gasteiger partial charge < -0.3 is 0 Å². The maximum absolute atomic E-state index is 12.0. The van der Waals surface area contributed by atoms with E-state index in [4.69, 9.17) is 4.55 Å². The van der Waals surface area contributed by atoms with Crippen LogP contribution in [0.1, 0.15) is 16.8 Å². The quantitative estimate of drug-likeness (QED) is 0.302. The number of thiol groups is 1. The van der Waals surface area contributed by atoms with Crippen molar-refractivity contribution in [2.45, 2.75) is 16.5 Å². The third-order valence-electron chi connectivity index (χ3n) is 2.69. The van der Waals surface area contributed by atoms with Gasteiger partial charge in [0, 0.05) is 0 Å². The molecular weight excluding hydrogens is 450 g/mol. The molecule has 0 spiro atoms. The number of carbonyl (C=O) groups is 2. The van der Waals surface area contributed by atoms with Crippen LogP contribution in [0.5, 0.6) is 0 Å². The van der Waals surface area contributed by atoms with Crippen LogP contribution in [0.15, 0.2) is 29.2 Å². The van der Waals surface area contributed by atoms with E-state index in [1.807, 2.05) is 0 Å². The van der Waals surface area contributed by atoms with E-state index in [0.717, 1.165) is 0 Å². The van der Waals surface area contributed by atoms with Gasteiger partial charge >= 0.3 is 176 Å². The second kappa shape index (κ2) is 10.5. The first-order chi connectivity index (χ1) is 10.5. The maximum atomic E-state index is 12.0. The third-order valence-corrected chi connectivity index (χ3v) is 8.48. The van der Waals surface area contributed by atoms with Gasteiger partial charge in [0.1, 0.15) is 0 Å². The Hall–Kier alpha value is 0.328. The molecule has 1 aromatic carbocycles. The number of rotatable bonds is 8. The van der Waals surface area contributed by atoms with E-state index in [0.29, 0.717) is 0 Å². The van der Waals surface area contributed by atoms with Crippen LogP contribution in [-0.2, 0) is 24.7 Å². The van der Waals surface area contributed by atoms with E-state index in [-0.39, 0.29) is 56.2 Å². The predicted molar refractivity (Wildman–Crippen MR) is 97.0 cm³/mol. The number of benzene rings is 1. The van der Waals surface area contributed by atoms with Crippen LogP contribution in [0.3, 0.4) is 0 Å². The molecule has 12 heteroatoms. The SMILES string of the molecule is O=C(CCS(=O)(=O)C(=O)c1ccccc1S)[AsH]CCS(=O)(=O)O.[NaH]. The summed E-state index contributed by atoms with van der Waals surface area (Å²) in [5.74, 6) is -1.14. The summed E-state index contributed by atoms with van der Waals surface area (Å²) in [6.07, 6.45) is -0.339. The Balaban J connectivity index is 0.00000529. The fourth-order valence-corrected chi connectivity index (χ4v) is 7.26. The molecule has 0 amide bonds. The van der Waals surface area contributed by atoms with E-state index in [2.05, 4.69) is 12.6 Å². The van der Waals surface area contributed by atoms with Gasteiger partial charge in [0.05, 0.1) is 0 Å². The molecule has 0 heterocycles. The first-order valence-corrected chi connectivity index (χ1v) is 12.5. The molecule has 0 fully saturated rings. The van der Waals surface area contributed by atoms with E-state index in [1.165, 1.54) is 18.2 Å². The van der Waals surface area contributed by atoms with E-state index < -0.39 is 52.3 Å². The predicted octanol–water partition coefficient (Wildman–Crippen LogP) is -0.459. The van der Waals surface area contributed by atoms with Crippen LogP contribution in [-0.4, -0.2) is 87.9 Å². The Bertz CT molecular complexity index is 806. The van der Waals surface area contributed by atoms with Crippen LogP contribution in [0.2, 0.25) is 5.21 Å². The van der Waals surface area contributed by atoms with Crippen molar-refractivity contribution >= 4 is 87.6 Å². The average molecular weight is 466 g/mol. The minimum atomic E-state index is -4.14. The van der Waals surface area contributed by atoms with E-state index >= 15 is 0 Å². The van der Waals surface area contributed by atoms with Crippen molar-refractivity contribution in [1.82, 2.24) is 0 Å². The van der Waals surface area contributed by atoms with Gasteiger partial charge in [-0.05, 0) is 0 Å². The van der Waals surface area contributed by atoms with Gasteiger partial charge in [0.15, 0.2) is 0 Å². The van der Waals surface area contributed by atoms with Gasteiger partial charge in [0.2, 0.25) is 0 Å². The Morgan fingerprint density at radius 3 is 2.21 bits per heavy atom. The first-order valence-electron chi connectivity index (χ1n) is 6.30. The molecule has 1 unspecified atom stereocenters. The van der Waals surface area contributed by atoms with Gasteiger partial charge in [0.25, 0.3) is 0 Å². The minimum absolute atomic E-state index is 0. The molecule has 24 heavy (non-hydrogen) atoms. The topological polar surface area (TPSA) is 123 Å². The standard InChI is InChI=1S/C12H15AsO7S3.Na.H/c14-11(13-6-8-23(18,19)20)5-7-22(16,17)12(15)9-3-1-2-4-10(9)21;;/h1-4,13,21H,5-8H2,(H,18,19,20);;. The van der Waals surface area contributed by atoms with Crippen molar-refractivity contribution in [1.29, 1.82) is 0 Å². The summed E-state index contributed by atoms with van der Waals surface area (Å²) in [4.78, 5) is 23.8. The molecule has 0 radical (unpaired) electrons. The van der Waals surface area contributed by atoms with Crippen LogP contribution in [0.4, 0.5) is 0 Å². The molecule has 1 rings (SSSR count). The fraction of sp³-hybridized carbons (Fsp3) is 0.333. The molecule has 0 bridgehead atoms. The van der Waals surface area contributed by atoms with Gasteiger partial charge in [-0.3, -0.25) is 0 Å². The Labute approximate surface area is 175 Å². The van der Waals surface area contributed by atoms with E-state index in [9.17, 15) is 26.4 Å². The van der Waals surface area contributed by atoms with Gasteiger partial charge in [-0.2, -0.15) is 0 Å². The molecule has 0 aliphatic rings. The zero-order valence-corrected chi connectivity index (χ0v) is 16.4. The fourth-order valence-electron chi connectivity index (χ4n) is 1.54. The van der Waals surface area contributed by atoms with Gasteiger partial charge in [-0.25, -0.2) is 0 Å². The number of hydrogen-bond acceptors (Lipinski definition) is 7. The molecular formula is C12H16AsNaO7S3. The second-order valence-corrected chi connectivity index (χ2v) is 11.5. The number of sulfone groups is 1. The first kappa shape index (κ1) is 24.3. The normalized spacial score (nSPS) is 12.1. The molecule has 0 aromatic heterocycles. The summed E-state index contributed by atoms with van der Waals surface area (Å²) in [6.45, 7) is 0.